The Morgan fingerprint density at radius 1 is 1.09 bits per heavy atom. The van der Waals surface area contributed by atoms with Crippen LogP contribution in [0, 0.1) is 12.8 Å². The van der Waals surface area contributed by atoms with Crippen LogP contribution in [0.5, 0.6) is 5.75 Å². The topological polar surface area (TPSA) is 64.1 Å². The Labute approximate surface area is 215 Å². The summed E-state index contributed by atoms with van der Waals surface area (Å²) in [6.45, 7) is 5.90. The van der Waals surface area contributed by atoms with Crippen molar-refractivity contribution < 1.29 is 14.2 Å². The first kappa shape index (κ1) is 27.4. The number of halogens is 1. The average Bonchev–Trinajstić information content (AvgIpc) is 2.84. The van der Waals surface area contributed by atoms with Gasteiger partial charge in [-0.2, -0.15) is 0 Å². The molecular formula is C26H38IN3O3. The van der Waals surface area contributed by atoms with Gasteiger partial charge in [-0.1, -0.05) is 42.0 Å². The van der Waals surface area contributed by atoms with Gasteiger partial charge in [-0.25, -0.2) is 0 Å². The highest BCUT2D eigenvalue weighted by atomic mass is 127. The zero-order valence-electron chi connectivity index (χ0n) is 20.0. The van der Waals surface area contributed by atoms with E-state index in [1.807, 2.05) is 31.3 Å². The predicted molar refractivity (Wildman–Crippen MR) is 145 cm³/mol. The molecule has 2 aromatic carbocycles. The number of nitrogens with one attached hydrogen (secondary N) is 2. The molecule has 2 unspecified atom stereocenters. The van der Waals surface area contributed by atoms with Gasteiger partial charge in [0.15, 0.2) is 5.96 Å². The Morgan fingerprint density at radius 2 is 1.85 bits per heavy atom. The maximum Gasteiger partial charge on any atom is 0.190 e. The normalized spacial score (nSPS) is 18.3. The van der Waals surface area contributed by atoms with Crippen molar-refractivity contribution in [1.82, 2.24) is 10.6 Å². The largest absolute Gasteiger partial charge is 0.497 e. The molecule has 1 fully saturated rings. The molecule has 0 amide bonds. The van der Waals surface area contributed by atoms with Gasteiger partial charge in [-0.15, -0.1) is 24.0 Å². The molecule has 0 aliphatic carbocycles. The second-order valence-electron chi connectivity index (χ2n) is 8.24. The summed E-state index contributed by atoms with van der Waals surface area (Å²) in [5.41, 5.74) is 3.69. The molecule has 7 heteroatoms. The zero-order chi connectivity index (χ0) is 22.6. The third-order valence-electron chi connectivity index (χ3n) is 5.79. The number of rotatable bonds is 10. The minimum Gasteiger partial charge on any atom is -0.497 e. The van der Waals surface area contributed by atoms with Gasteiger partial charge in [0.05, 0.1) is 19.8 Å². The van der Waals surface area contributed by atoms with Crippen LogP contribution in [0.1, 0.15) is 42.1 Å². The summed E-state index contributed by atoms with van der Waals surface area (Å²) in [7, 11) is 3.48. The number of guanidine groups is 1. The Balaban J connectivity index is 0.00000385. The maximum absolute atomic E-state index is 6.13. The van der Waals surface area contributed by atoms with E-state index in [0.717, 1.165) is 56.2 Å². The molecule has 33 heavy (non-hydrogen) atoms. The fourth-order valence-corrected chi connectivity index (χ4v) is 3.92. The number of aliphatic imine (C=N–C) groups is 1. The number of hydrogen-bond donors (Lipinski definition) is 2. The Hall–Kier alpha value is -1.84. The van der Waals surface area contributed by atoms with Gasteiger partial charge >= 0.3 is 0 Å². The molecular weight excluding hydrogens is 529 g/mol. The second kappa shape index (κ2) is 15.1. The molecule has 1 saturated heterocycles. The quantitative estimate of drug-likeness (QED) is 0.186. The molecule has 0 spiro atoms. The van der Waals surface area contributed by atoms with E-state index in [2.05, 4.69) is 46.8 Å². The molecule has 182 valence electrons. The molecule has 6 nitrogen and oxygen atoms in total. The van der Waals surface area contributed by atoms with Gasteiger partial charge in [0.25, 0.3) is 0 Å². The fraction of sp³-hybridized carbons (Fsp3) is 0.500. The van der Waals surface area contributed by atoms with E-state index in [4.69, 9.17) is 14.2 Å². The summed E-state index contributed by atoms with van der Waals surface area (Å²) in [6.07, 6.45) is 3.31. The highest BCUT2D eigenvalue weighted by Crippen LogP contribution is 2.33. The number of aryl methyl sites for hydroxylation is 1. The number of benzene rings is 2. The molecule has 1 heterocycles. The molecule has 1 aliphatic rings. The first-order valence-corrected chi connectivity index (χ1v) is 11.5. The average molecular weight is 568 g/mol. The van der Waals surface area contributed by atoms with Gasteiger partial charge in [-0.3, -0.25) is 4.99 Å². The van der Waals surface area contributed by atoms with E-state index in [9.17, 15) is 0 Å². The molecule has 0 radical (unpaired) electrons. The minimum absolute atomic E-state index is 0. The van der Waals surface area contributed by atoms with Gasteiger partial charge in [-0.05, 0) is 49.4 Å². The van der Waals surface area contributed by atoms with Crippen LogP contribution in [0.3, 0.4) is 0 Å². The minimum atomic E-state index is 0. The lowest BCUT2D eigenvalue weighted by atomic mass is 9.89. The van der Waals surface area contributed by atoms with Crippen LogP contribution < -0.4 is 15.4 Å². The van der Waals surface area contributed by atoms with E-state index in [-0.39, 0.29) is 30.1 Å². The molecule has 1 aliphatic heterocycles. The summed E-state index contributed by atoms with van der Waals surface area (Å²) in [6, 6.07) is 16.7. The molecule has 0 aromatic heterocycles. The van der Waals surface area contributed by atoms with E-state index in [1.54, 1.807) is 7.11 Å². The lowest BCUT2D eigenvalue weighted by Gasteiger charge is -2.32. The molecule has 2 N–H and O–H groups in total. The monoisotopic (exact) mass is 567 g/mol. The van der Waals surface area contributed by atoms with E-state index in [1.165, 1.54) is 11.1 Å². The van der Waals surface area contributed by atoms with Crippen LogP contribution in [0.4, 0.5) is 0 Å². The van der Waals surface area contributed by atoms with E-state index in [0.29, 0.717) is 19.1 Å². The number of ether oxygens (including phenoxy) is 3. The SMILES string of the molecule is CN=C(NCCCOCc1ccc(OC)cc1)NCC1CCCOC1c1ccc(C)cc1.I. The standard InChI is InChI=1S/C26H37N3O3.HI/c1-20-7-11-22(12-8-20)25-23(6-4-17-32-25)18-29-26(27-2)28-15-5-16-31-19-21-9-13-24(30-3)14-10-21;/h7-14,23,25H,4-6,15-19H2,1-3H3,(H2,27,28,29);1H. The lowest BCUT2D eigenvalue weighted by Crippen LogP contribution is -2.42. The zero-order valence-corrected chi connectivity index (χ0v) is 22.3. The van der Waals surface area contributed by atoms with Crippen molar-refractivity contribution in [3.05, 3.63) is 65.2 Å². The predicted octanol–water partition coefficient (Wildman–Crippen LogP) is 4.86. The Kier molecular flexibility index (Phi) is 12.6. The van der Waals surface area contributed by atoms with Gasteiger partial charge < -0.3 is 24.8 Å². The lowest BCUT2D eigenvalue weighted by molar-refractivity contribution is -0.0265. The Bertz CT molecular complexity index is 828. The van der Waals surface area contributed by atoms with Crippen LogP contribution in [0.15, 0.2) is 53.5 Å². The highest BCUT2D eigenvalue weighted by molar-refractivity contribution is 14.0. The number of nitrogens with zero attached hydrogens (tertiary/aromatic N) is 1. The van der Waals surface area contributed by atoms with Crippen LogP contribution in [0.25, 0.3) is 0 Å². The molecule has 0 bridgehead atoms. The molecule has 2 aromatic rings. The Morgan fingerprint density at radius 3 is 2.55 bits per heavy atom. The van der Waals surface area contributed by atoms with Gasteiger partial charge in [0.1, 0.15) is 5.75 Å². The molecule has 2 atom stereocenters. The van der Waals surface area contributed by atoms with Crippen molar-refractivity contribution in [3.8, 4) is 5.75 Å². The second-order valence-corrected chi connectivity index (χ2v) is 8.24. The third kappa shape index (κ3) is 9.14. The van der Waals surface area contributed by atoms with E-state index >= 15 is 0 Å². The fourth-order valence-electron chi connectivity index (χ4n) is 3.92. The van der Waals surface area contributed by atoms with Crippen molar-refractivity contribution >= 4 is 29.9 Å². The third-order valence-corrected chi connectivity index (χ3v) is 5.79. The van der Waals surface area contributed by atoms with Crippen molar-refractivity contribution in [1.29, 1.82) is 0 Å². The molecule has 3 rings (SSSR count). The van der Waals surface area contributed by atoms with Crippen molar-refractivity contribution in [2.24, 2.45) is 10.9 Å². The van der Waals surface area contributed by atoms with Crippen LogP contribution in [0.2, 0.25) is 0 Å². The van der Waals surface area contributed by atoms with Crippen molar-refractivity contribution in [3.63, 3.8) is 0 Å². The maximum atomic E-state index is 6.13. The summed E-state index contributed by atoms with van der Waals surface area (Å²) >= 11 is 0. The summed E-state index contributed by atoms with van der Waals surface area (Å²) in [5, 5.41) is 6.87. The summed E-state index contributed by atoms with van der Waals surface area (Å²) < 4.78 is 17.1. The van der Waals surface area contributed by atoms with Crippen molar-refractivity contribution in [2.75, 3.05) is 40.5 Å². The highest BCUT2D eigenvalue weighted by Gasteiger charge is 2.27. The van der Waals surface area contributed by atoms with Crippen LogP contribution in [-0.4, -0.2) is 46.4 Å². The summed E-state index contributed by atoms with van der Waals surface area (Å²) in [4.78, 5) is 4.36. The molecule has 0 saturated carbocycles. The van der Waals surface area contributed by atoms with Gasteiger partial charge in [0.2, 0.25) is 0 Å². The van der Waals surface area contributed by atoms with Gasteiger partial charge in [0, 0.05) is 39.3 Å². The van der Waals surface area contributed by atoms with Crippen LogP contribution >= 0.6 is 24.0 Å². The summed E-state index contributed by atoms with van der Waals surface area (Å²) in [5.74, 6) is 2.12. The van der Waals surface area contributed by atoms with Crippen LogP contribution in [-0.2, 0) is 16.1 Å². The van der Waals surface area contributed by atoms with Crippen molar-refractivity contribution in [2.45, 2.75) is 38.9 Å². The smallest absolute Gasteiger partial charge is 0.190 e. The van der Waals surface area contributed by atoms with E-state index < -0.39 is 0 Å². The first-order valence-electron chi connectivity index (χ1n) is 11.5. The number of hydrogen-bond acceptors (Lipinski definition) is 4. The first-order chi connectivity index (χ1) is 15.7. The number of methoxy groups -OCH3 is 1.